The van der Waals surface area contributed by atoms with Gasteiger partial charge in [0.15, 0.2) is 5.78 Å². The van der Waals surface area contributed by atoms with Crippen LogP contribution in [-0.4, -0.2) is 64.5 Å². The fraction of sp³-hybridized carbons (Fsp3) is 0.448. The zero-order valence-corrected chi connectivity index (χ0v) is 20.5. The van der Waals surface area contributed by atoms with Gasteiger partial charge in [-0.05, 0) is 43.0 Å². The van der Waals surface area contributed by atoms with Crippen molar-refractivity contribution >= 4 is 23.5 Å². The van der Waals surface area contributed by atoms with E-state index in [0.29, 0.717) is 36.4 Å². The molecule has 1 aliphatic carbocycles. The molecule has 7 nitrogen and oxygen atoms in total. The Hall–Kier alpha value is -3.48. The second-order valence-corrected chi connectivity index (χ2v) is 10.2. The quantitative estimate of drug-likeness (QED) is 0.676. The smallest absolute Gasteiger partial charge is 0.254 e. The summed E-state index contributed by atoms with van der Waals surface area (Å²) in [5.74, 6) is -0.403. The molecular weight excluding hydrogens is 454 g/mol. The van der Waals surface area contributed by atoms with Crippen molar-refractivity contribution in [3.63, 3.8) is 0 Å². The third kappa shape index (κ3) is 4.92. The van der Waals surface area contributed by atoms with Crippen molar-refractivity contribution in [3.8, 4) is 0 Å². The van der Waals surface area contributed by atoms with Gasteiger partial charge in [0, 0.05) is 17.7 Å². The molecule has 1 N–H and O–H groups in total. The van der Waals surface area contributed by atoms with E-state index in [0.717, 1.165) is 25.7 Å². The van der Waals surface area contributed by atoms with E-state index in [1.165, 1.54) is 6.42 Å². The zero-order valence-electron chi connectivity index (χ0n) is 20.5. The summed E-state index contributed by atoms with van der Waals surface area (Å²) in [7, 11) is 0. The minimum atomic E-state index is -0.689. The molecule has 5 rings (SSSR count). The number of nitrogens with one attached hydrogen (secondary N) is 1. The van der Waals surface area contributed by atoms with E-state index in [4.69, 9.17) is 0 Å². The summed E-state index contributed by atoms with van der Waals surface area (Å²) in [6.45, 7) is 0.414. The van der Waals surface area contributed by atoms with Crippen LogP contribution in [0.3, 0.4) is 0 Å². The summed E-state index contributed by atoms with van der Waals surface area (Å²) >= 11 is 0. The Kier molecular flexibility index (Phi) is 7.16. The largest absolute Gasteiger partial charge is 0.340 e. The molecule has 0 unspecified atom stereocenters. The highest BCUT2D eigenvalue weighted by Crippen LogP contribution is 2.33. The maximum Gasteiger partial charge on any atom is 0.254 e. The van der Waals surface area contributed by atoms with Gasteiger partial charge < -0.3 is 15.1 Å². The number of hydrogen-bond acceptors (Lipinski definition) is 4. The summed E-state index contributed by atoms with van der Waals surface area (Å²) < 4.78 is 0. The third-order valence-corrected chi connectivity index (χ3v) is 7.92. The highest BCUT2D eigenvalue weighted by atomic mass is 16.2. The van der Waals surface area contributed by atoms with Crippen LogP contribution >= 0.6 is 0 Å². The van der Waals surface area contributed by atoms with E-state index >= 15 is 0 Å². The lowest BCUT2D eigenvalue weighted by Crippen LogP contribution is -2.53. The summed E-state index contributed by atoms with van der Waals surface area (Å²) in [4.78, 5) is 56.4. The number of carbonyl (C=O) groups excluding carboxylic acids is 4. The van der Waals surface area contributed by atoms with E-state index in [2.05, 4.69) is 5.32 Å². The first-order chi connectivity index (χ1) is 17.5. The molecule has 1 saturated carbocycles. The van der Waals surface area contributed by atoms with Crippen LogP contribution in [0.25, 0.3) is 0 Å². The molecule has 188 valence electrons. The van der Waals surface area contributed by atoms with Crippen molar-refractivity contribution in [2.45, 2.75) is 63.1 Å². The molecule has 2 aliphatic heterocycles. The first kappa shape index (κ1) is 24.2. The van der Waals surface area contributed by atoms with Gasteiger partial charge >= 0.3 is 0 Å². The van der Waals surface area contributed by atoms with Crippen molar-refractivity contribution in [3.05, 3.63) is 71.8 Å². The maximum atomic E-state index is 13.9. The number of carbonyl (C=O) groups is 4. The summed E-state index contributed by atoms with van der Waals surface area (Å²) in [6.07, 6.45) is 6.73. The number of rotatable bonds is 6. The second-order valence-electron chi connectivity index (χ2n) is 10.2. The average Bonchev–Trinajstić information content (AvgIpc) is 3.50. The molecule has 2 aromatic rings. The second kappa shape index (κ2) is 10.6. The van der Waals surface area contributed by atoms with Crippen LogP contribution in [0.1, 0.15) is 65.7 Å². The van der Waals surface area contributed by atoms with Crippen LogP contribution in [0.5, 0.6) is 0 Å². The Balaban J connectivity index is 1.34. The number of nitrogens with zero attached hydrogens (tertiary/aromatic N) is 2. The zero-order chi connectivity index (χ0) is 25.1. The van der Waals surface area contributed by atoms with E-state index < -0.39 is 12.1 Å². The first-order valence-electron chi connectivity index (χ1n) is 13.1. The third-order valence-electron chi connectivity index (χ3n) is 7.92. The van der Waals surface area contributed by atoms with Crippen LogP contribution in [0, 0.1) is 5.92 Å². The molecule has 0 bridgehead atoms. The molecule has 3 fully saturated rings. The standard InChI is InChI=1S/C29H33N3O4/c33-25-19-32(28(35)22-14-8-3-9-15-22)24-16-17-31(26(24)25)29(36)23(18-20-10-4-1-5-11-20)30-27(34)21-12-6-2-7-13-21/h2-3,6-9,12-15,20,23-24,26H,1,4-5,10-11,16-19H2,(H,30,34)/t23-,24+,26-/m0/s1. The van der Waals surface area contributed by atoms with Gasteiger partial charge in [-0.25, -0.2) is 0 Å². The average molecular weight is 488 g/mol. The summed E-state index contributed by atoms with van der Waals surface area (Å²) in [6, 6.07) is 16.2. The number of hydrogen-bond donors (Lipinski definition) is 1. The Labute approximate surface area is 211 Å². The van der Waals surface area contributed by atoms with Crippen molar-refractivity contribution in [2.24, 2.45) is 5.92 Å². The molecule has 0 spiro atoms. The Bertz CT molecular complexity index is 1110. The number of Topliss-reactive ketones (excluding diaryl/α,β-unsaturated/α-hetero) is 1. The van der Waals surface area contributed by atoms with E-state index in [-0.39, 0.29) is 36.1 Å². The Morgan fingerprint density at radius 2 is 1.47 bits per heavy atom. The minimum Gasteiger partial charge on any atom is -0.340 e. The van der Waals surface area contributed by atoms with Gasteiger partial charge in [-0.15, -0.1) is 0 Å². The SMILES string of the molecule is O=C(N[C@@H](CC1CCCCC1)C(=O)N1CC[C@@H]2[C@H]1C(=O)CN2C(=O)c1ccccc1)c1ccccc1. The predicted octanol–water partition coefficient (Wildman–Crippen LogP) is 3.45. The molecular formula is C29H33N3O4. The van der Waals surface area contributed by atoms with Crippen molar-refractivity contribution in [1.29, 1.82) is 0 Å². The van der Waals surface area contributed by atoms with Gasteiger partial charge in [-0.1, -0.05) is 68.5 Å². The van der Waals surface area contributed by atoms with Crippen molar-refractivity contribution < 1.29 is 19.2 Å². The normalized spacial score (nSPS) is 22.8. The molecule has 2 aromatic carbocycles. The monoisotopic (exact) mass is 487 g/mol. The molecule has 2 heterocycles. The minimum absolute atomic E-state index is 0.0104. The summed E-state index contributed by atoms with van der Waals surface area (Å²) in [5, 5.41) is 2.99. The highest BCUT2D eigenvalue weighted by molar-refractivity contribution is 6.03. The van der Waals surface area contributed by atoms with Crippen LogP contribution < -0.4 is 5.32 Å². The Morgan fingerprint density at radius 3 is 2.14 bits per heavy atom. The lowest BCUT2D eigenvalue weighted by Gasteiger charge is -2.31. The molecule has 36 heavy (non-hydrogen) atoms. The molecule has 2 saturated heterocycles. The van der Waals surface area contributed by atoms with Crippen molar-refractivity contribution in [2.75, 3.05) is 13.1 Å². The Morgan fingerprint density at radius 1 is 0.833 bits per heavy atom. The number of ketones is 1. The number of amides is 3. The van der Waals surface area contributed by atoms with Crippen LogP contribution in [0.2, 0.25) is 0 Å². The van der Waals surface area contributed by atoms with E-state index in [1.54, 1.807) is 58.3 Å². The highest BCUT2D eigenvalue weighted by Gasteiger charge is 2.52. The fourth-order valence-electron chi connectivity index (χ4n) is 6.09. The predicted molar refractivity (Wildman–Crippen MR) is 135 cm³/mol. The van der Waals surface area contributed by atoms with Gasteiger partial charge in [-0.3, -0.25) is 19.2 Å². The lowest BCUT2D eigenvalue weighted by molar-refractivity contribution is -0.138. The molecule has 3 atom stereocenters. The van der Waals surface area contributed by atoms with Gasteiger partial charge in [0.25, 0.3) is 11.8 Å². The van der Waals surface area contributed by atoms with E-state index in [1.807, 2.05) is 12.1 Å². The first-order valence-corrected chi connectivity index (χ1v) is 13.1. The summed E-state index contributed by atoms with van der Waals surface area (Å²) in [5.41, 5.74) is 1.05. The van der Waals surface area contributed by atoms with Crippen LogP contribution in [0.15, 0.2) is 60.7 Å². The number of fused-ring (bicyclic) bond motifs is 1. The van der Waals surface area contributed by atoms with Crippen molar-refractivity contribution in [1.82, 2.24) is 15.1 Å². The van der Waals surface area contributed by atoms with Gasteiger partial charge in [0.2, 0.25) is 5.91 Å². The lowest BCUT2D eigenvalue weighted by atomic mass is 9.84. The molecule has 3 aliphatic rings. The van der Waals surface area contributed by atoms with Crippen LogP contribution in [-0.2, 0) is 9.59 Å². The van der Waals surface area contributed by atoms with Crippen LogP contribution in [0.4, 0.5) is 0 Å². The fourth-order valence-corrected chi connectivity index (χ4v) is 6.09. The molecule has 7 heteroatoms. The number of likely N-dealkylation sites (tertiary alicyclic amines) is 2. The molecule has 0 radical (unpaired) electrons. The van der Waals surface area contributed by atoms with E-state index in [9.17, 15) is 19.2 Å². The van der Waals surface area contributed by atoms with Gasteiger partial charge in [-0.2, -0.15) is 0 Å². The van der Waals surface area contributed by atoms with Gasteiger partial charge in [0.05, 0.1) is 12.6 Å². The topological polar surface area (TPSA) is 86.8 Å². The molecule has 3 amide bonds. The number of benzene rings is 2. The molecule has 0 aromatic heterocycles. The maximum absolute atomic E-state index is 13.9. The van der Waals surface area contributed by atoms with Gasteiger partial charge in [0.1, 0.15) is 12.1 Å².